The van der Waals surface area contributed by atoms with Gasteiger partial charge < -0.3 is 4.74 Å². The molecular formula is C12H23NO2. The van der Waals surface area contributed by atoms with Gasteiger partial charge in [0.2, 0.25) is 0 Å². The molecule has 0 rings (SSSR count). The summed E-state index contributed by atoms with van der Waals surface area (Å²) in [5.74, 6) is 0.246. The van der Waals surface area contributed by atoms with Crippen LogP contribution in [0.25, 0.3) is 0 Å². The molecule has 0 saturated heterocycles. The zero-order chi connectivity index (χ0) is 11.9. The highest BCUT2D eigenvalue weighted by Crippen LogP contribution is 2.16. The Morgan fingerprint density at radius 1 is 1.33 bits per heavy atom. The van der Waals surface area contributed by atoms with E-state index in [0.29, 0.717) is 6.42 Å². The number of nitrogens with zero attached hydrogens (tertiary/aromatic N) is 1. The monoisotopic (exact) mass is 213 g/mol. The molecule has 0 fully saturated rings. The smallest absolute Gasteiger partial charge is 0.143 e. The maximum absolute atomic E-state index is 11.7. The molecule has 0 aromatic heterocycles. The maximum Gasteiger partial charge on any atom is 0.143 e. The Labute approximate surface area is 92.9 Å². The van der Waals surface area contributed by atoms with Crippen molar-refractivity contribution in [2.45, 2.75) is 40.5 Å². The Morgan fingerprint density at radius 2 is 1.93 bits per heavy atom. The van der Waals surface area contributed by atoms with Gasteiger partial charge in [0.15, 0.2) is 0 Å². The zero-order valence-corrected chi connectivity index (χ0v) is 10.6. The molecule has 0 atom stereocenters. The number of carbonyl (C=O) groups is 1. The van der Waals surface area contributed by atoms with E-state index in [2.05, 4.69) is 4.99 Å². The summed E-state index contributed by atoms with van der Waals surface area (Å²) in [5, 5.41) is 0. The quantitative estimate of drug-likeness (QED) is 0.502. The van der Waals surface area contributed by atoms with Crippen LogP contribution < -0.4 is 0 Å². The second-order valence-corrected chi connectivity index (χ2v) is 4.81. The van der Waals surface area contributed by atoms with Gasteiger partial charge in [0.05, 0.1) is 0 Å². The third-order valence-corrected chi connectivity index (χ3v) is 2.14. The minimum atomic E-state index is -0.261. The number of hydrogen-bond donors (Lipinski definition) is 0. The van der Waals surface area contributed by atoms with Gasteiger partial charge in [0.1, 0.15) is 5.78 Å². The Morgan fingerprint density at radius 3 is 2.40 bits per heavy atom. The number of hydrogen-bond acceptors (Lipinski definition) is 3. The van der Waals surface area contributed by atoms with Crippen LogP contribution in [0.2, 0.25) is 0 Å². The molecule has 3 nitrogen and oxygen atoms in total. The van der Waals surface area contributed by atoms with Crippen molar-refractivity contribution in [1.82, 2.24) is 0 Å². The van der Waals surface area contributed by atoms with Crippen LogP contribution in [0.5, 0.6) is 0 Å². The first-order valence-corrected chi connectivity index (χ1v) is 5.40. The summed E-state index contributed by atoms with van der Waals surface area (Å²) in [7, 11) is 1.68. The molecule has 0 bridgehead atoms. The second-order valence-electron chi connectivity index (χ2n) is 4.81. The van der Waals surface area contributed by atoms with E-state index in [1.807, 2.05) is 27.7 Å². The highest BCUT2D eigenvalue weighted by atomic mass is 16.5. The van der Waals surface area contributed by atoms with Gasteiger partial charge >= 0.3 is 0 Å². The fourth-order valence-corrected chi connectivity index (χ4v) is 1.03. The second kappa shape index (κ2) is 6.72. The molecule has 15 heavy (non-hydrogen) atoms. The lowest BCUT2D eigenvalue weighted by Gasteiger charge is -2.16. The van der Waals surface area contributed by atoms with Crippen molar-refractivity contribution >= 4 is 11.5 Å². The summed E-state index contributed by atoms with van der Waals surface area (Å²) in [6.45, 7) is 9.20. The van der Waals surface area contributed by atoms with E-state index < -0.39 is 0 Å². The van der Waals surface area contributed by atoms with Crippen LogP contribution in [0, 0.1) is 5.41 Å². The molecule has 0 N–H and O–H groups in total. The normalized spacial score (nSPS) is 13.0. The summed E-state index contributed by atoms with van der Waals surface area (Å²) in [6, 6.07) is 0. The first-order chi connectivity index (χ1) is 6.88. The largest absolute Gasteiger partial charge is 0.385 e. The minimum Gasteiger partial charge on any atom is -0.385 e. The molecule has 0 amide bonds. The number of ether oxygens (including phenoxy) is 1. The lowest BCUT2D eigenvalue weighted by Crippen LogP contribution is -2.22. The lowest BCUT2D eigenvalue weighted by atomic mass is 9.88. The number of ketones is 1. The average Bonchev–Trinajstić information content (AvgIpc) is 2.11. The standard InChI is InChI=1S/C12H23NO2/c1-10(13-7-6-8-15-5)9-11(14)12(2,3)4/h6-9H2,1-5H3. The fraction of sp³-hybridized carbons (Fsp3) is 0.833. The molecule has 0 aromatic carbocycles. The third-order valence-electron chi connectivity index (χ3n) is 2.14. The first kappa shape index (κ1) is 14.3. The topological polar surface area (TPSA) is 38.7 Å². The van der Waals surface area contributed by atoms with Gasteiger partial charge in [-0.1, -0.05) is 20.8 Å². The van der Waals surface area contributed by atoms with Crippen molar-refractivity contribution in [2.24, 2.45) is 10.4 Å². The number of rotatable bonds is 6. The number of carbonyl (C=O) groups excluding carboxylic acids is 1. The van der Waals surface area contributed by atoms with E-state index in [4.69, 9.17) is 4.74 Å². The highest BCUT2D eigenvalue weighted by molar-refractivity contribution is 6.02. The van der Waals surface area contributed by atoms with Gasteiger partial charge in [0.25, 0.3) is 0 Å². The van der Waals surface area contributed by atoms with Crippen molar-refractivity contribution in [2.75, 3.05) is 20.3 Å². The fourth-order valence-electron chi connectivity index (χ4n) is 1.03. The summed E-state index contributed by atoms with van der Waals surface area (Å²) in [6.07, 6.45) is 1.38. The molecule has 0 radical (unpaired) electrons. The van der Waals surface area contributed by atoms with Crippen LogP contribution in [0.4, 0.5) is 0 Å². The summed E-state index contributed by atoms with van der Waals surface area (Å²) < 4.78 is 4.92. The van der Waals surface area contributed by atoms with E-state index in [-0.39, 0.29) is 11.2 Å². The maximum atomic E-state index is 11.7. The Bertz CT molecular complexity index is 226. The Kier molecular flexibility index (Phi) is 6.41. The van der Waals surface area contributed by atoms with Crippen LogP contribution in [0.3, 0.4) is 0 Å². The number of methoxy groups -OCH3 is 1. The lowest BCUT2D eigenvalue weighted by molar-refractivity contribution is -0.125. The van der Waals surface area contributed by atoms with E-state index in [1.165, 1.54) is 0 Å². The van der Waals surface area contributed by atoms with E-state index >= 15 is 0 Å². The molecule has 0 aliphatic heterocycles. The van der Waals surface area contributed by atoms with Gasteiger partial charge in [-0.05, 0) is 13.3 Å². The van der Waals surface area contributed by atoms with E-state index in [0.717, 1.165) is 25.3 Å². The molecule has 0 aromatic rings. The van der Waals surface area contributed by atoms with Crippen molar-refractivity contribution in [3.8, 4) is 0 Å². The van der Waals surface area contributed by atoms with Crippen LogP contribution in [0.1, 0.15) is 40.5 Å². The van der Waals surface area contributed by atoms with E-state index in [1.54, 1.807) is 7.11 Å². The minimum absolute atomic E-state index is 0.246. The molecule has 0 spiro atoms. The molecule has 0 saturated carbocycles. The van der Waals surface area contributed by atoms with Crippen molar-refractivity contribution in [3.63, 3.8) is 0 Å². The Hall–Kier alpha value is -0.700. The summed E-state index contributed by atoms with van der Waals surface area (Å²) in [4.78, 5) is 16.0. The van der Waals surface area contributed by atoms with Crippen molar-refractivity contribution in [3.05, 3.63) is 0 Å². The van der Waals surface area contributed by atoms with Crippen molar-refractivity contribution in [1.29, 1.82) is 0 Å². The molecular weight excluding hydrogens is 190 g/mol. The third kappa shape index (κ3) is 7.25. The number of Topliss-reactive ketones (excluding diaryl/α,β-unsaturated/α-hetero) is 1. The first-order valence-electron chi connectivity index (χ1n) is 5.40. The predicted octanol–water partition coefficient (Wildman–Crippen LogP) is 2.49. The molecule has 0 aliphatic carbocycles. The average molecular weight is 213 g/mol. The van der Waals surface area contributed by atoms with Crippen molar-refractivity contribution < 1.29 is 9.53 Å². The highest BCUT2D eigenvalue weighted by Gasteiger charge is 2.21. The summed E-state index contributed by atoms with van der Waals surface area (Å²) in [5.41, 5.74) is 0.662. The molecule has 88 valence electrons. The van der Waals surface area contributed by atoms with Gasteiger partial charge in [0, 0.05) is 37.8 Å². The Balaban J connectivity index is 3.91. The molecule has 0 aliphatic rings. The molecule has 0 heterocycles. The van der Waals surface area contributed by atoms with Crippen LogP contribution in [-0.4, -0.2) is 31.8 Å². The molecule has 0 unspecified atom stereocenters. The van der Waals surface area contributed by atoms with Gasteiger partial charge in [-0.15, -0.1) is 0 Å². The molecule has 3 heteroatoms. The van der Waals surface area contributed by atoms with Crippen LogP contribution in [-0.2, 0) is 9.53 Å². The zero-order valence-electron chi connectivity index (χ0n) is 10.6. The van der Waals surface area contributed by atoms with Gasteiger partial charge in [-0.2, -0.15) is 0 Å². The van der Waals surface area contributed by atoms with Crippen LogP contribution >= 0.6 is 0 Å². The van der Waals surface area contributed by atoms with E-state index in [9.17, 15) is 4.79 Å². The van der Waals surface area contributed by atoms with Gasteiger partial charge in [-0.3, -0.25) is 9.79 Å². The number of aliphatic imine (C=N–C) groups is 1. The predicted molar refractivity (Wildman–Crippen MR) is 63.5 cm³/mol. The van der Waals surface area contributed by atoms with Crippen LogP contribution in [0.15, 0.2) is 4.99 Å². The SMILES string of the molecule is COCCCN=C(C)CC(=O)C(C)(C)C. The summed E-state index contributed by atoms with van der Waals surface area (Å²) >= 11 is 0. The van der Waals surface area contributed by atoms with Gasteiger partial charge in [-0.25, -0.2) is 0 Å².